The van der Waals surface area contributed by atoms with E-state index in [4.69, 9.17) is 23.2 Å². The number of carbonyl (C=O) groups excluding carboxylic acids is 2. The highest BCUT2D eigenvalue weighted by molar-refractivity contribution is 6.36. The van der Waals surface area contributed by atoms with E-state index < -0.39 is 11.9 Å². The zero-order chi connectivity index (χ0) is 20.0. The van der Waals surface area contributed by atoms with Crippen LogP contribution in [0, 0.1) is 5.92 Å². The van der Waals surface area contributed by atoms with Gasteiger partial charge in [-0.3, -0.25) is 9.59 Å². The van der Waals surface area contributed by atoms with Gasteiger partial charge in [0.05, 0.1) is 17.2 Å². The third kappa shape index (κ3) is 5.96. The summed E-state index contributed by atoms with van der Waals surface area (Å²) >= 11 is 11.9. The molecule has 0 spiro atoms. The summed E-state index contributed by atoms with van der Waals surface area (Å²) in [6, 6.07) is 11.2. The van der Waals surface area contributed by atoms with Gasteiger partial charge >= 0.3 is 0 Å². The minimum Gasteiger partial charge on any atom is -0.392 e. The molecule has 144 valence electrons. The molecule has 2 rings (SSSR count). The van der Waals surface area contributed by atoms with E-state index >= 15 is 0 Å². The third-order valence-corrected chi connectivity index (χ3v) is 4.60. The van der Waals surface area contributed by atoms with Crippen molar-refractivity contribution in [3.63, 3.8) is 0 Å². The molecule has 0 aliphatic carbocycles. The first-order valence-corrected chi connectivity index (χ1v) is 9.29. The normalized spacial score (nSPS) is 11.9. The molecule has 3 N–H and O–H groups in total. The fourth-order valence-electron chi connectivity index (χ4n) is 2.56. The summed E-state index contributed by atoms with van der Waals surface area (Å²) in [5.41, 5.74) is 1.90. The lowest BCUT2D eigenvalue weighted by atomic mass is 10.0. The SMILES string of the molecule is CC(C)C(NC(=O)c1ccc(Cl)cc1Cl)C(=O)NCc1cccc(CO)c1. The predicted molar refractivity (Wildman–Crippen MR) is 107 cm³/mol. The van der Waals surface area contributed by atoms with E-state index in [2.05, 4.69) is 10.6 Å². The third-order valence-electron chi connectivity index (χ3n) is 4.05. The Morgan fingerprint density at radius 3 is 2.41 bits per heavy atom. The van der Waals surface area contributed by atoms with Crippen LogP contribution in [0.15, 0.2) is 42.5 Å². The van der Waals surface area contributed by atoms with E-state index in [1.54, 1.807) is 12.1 Å². The fraction of sp³-hybridized carbons (Fsp3) is 0.300. The molecule has 2 amide bonds. The number of nitrogens with one attached hydrogen (secondary N) is 2. The summed E-state index contributed by atoms with van der Waals surface area (Å²) in [6.07, 6.45) is 0. The minimum atomic E-state index is -0.717. The monoisotopic (exact) mass is 408 g/mol. The average Bonchev–Trinajstić information content (AvgIpc) is 2.63. The van der Waals surface area contributed by atoms with Gasteiger partial charge in [-0.25, -0.2) is 0 Å². The van der Waals surface area contributed by atoms with Crippen LogP contribution in [0.3, 0.4) is 0 Å². The van der Waals surface area contributed by atoms with Gasteiger partial charge in [0.1, 0.15) is 6.04 Å². The Morgan fingerprint density at radius 1 is 1.07 bits per heavy atom. The molecule has 7 heteroatoms. The van der Waals surface area contributed by atoms with Crippen molar-refractivity contribution < 1.29 is 14.7 Å². The summed E-state index contributed by atoms with van der Waals surface area (Å²) < 4.78 is 0. The van der Waals surface area contributed by atoms with Crippen LogP contribution in [0.1, 0.15) is 35.3 Å². The van der Waals surface area contributed by atoms with Gasteiger partial charge in [-0.05, 0) is 35.2 Å². The molecule has 2 aromatic carbocycles. The molecule has 27 heavy (non-hydrogen) atoms. The van der Waals surface area contributed by atoms with Crippen LogP contribution in [-0.4, -0.2) is 23.0 Å². The topological polar surface area (TPSA) is 78.4 Å². The van der Waals surface area contributed by atoms with E-state index in [0.717, 1.165) is 11.1 Å². The zero-order valence-corrected chi connectivity index (χ0v) is 16.6. The standard InChI is InChI=1S/C20H22Cl2N2O3/c1-12(2)18(24-19(26)16-7-6-15(21)9-17(16)22)20(27)23-10-13-4-3-5-14(8-13)11-25/h3-9,12,18,25H,10-11H2,1-2H3,(H,23,27)(H,24,26). The Balaban J connectivity index is 2.04. The van der Waals surface area contributed by atoms with Crippen LogP contribution in [0.25, 0.3) is 0 Å². The predicted octanol–water partition coefficient (Wildman–Crippen LogP) is 3.56. The van der Waals surface area contributed by atoms with Gasteiger partial charge in [0.2, 0.25) is 5.91 Å². The van der Waals surface area contributed by atoms with E-state index in [-0.39, 0.29) is 29.0 Å². The lowest BCUT2D eigenvalue weighted by Gasteiger charge is -2.22. The van der Waals surface area contributed by atoms with Crippen LogP contribution >= 0.6 is 23.2 Å². The second-order valence-electron chi connectivity index (χ2n) is 6.52. The van der Waals surface area contributed by atoms with Crippen LogP contribution < -0.4 is 10.6 Å². The van der Waals surface area contributed by atoms with E-state index in [0.29, 0.717) is 11.6 Å². The molecule has 0 bridgehead atoms. The number of halogens is 2. The van der Waals surface area contributed by atoms with Crippen LogP contribution in [-0.2, 0) is 17.9 Å². The maximum atomic E-state index is 12.6. The Labute approximate surface area is 168 Å². The molecule has 2 aromatic rings. The molecule has 0 radical (unpaired) electrons. The maximum Gasteiger partial charge on any atom is 0.253 e. The number of amides is 2. The lowest BCUT2D eigenvalue weighted by Crippen LogP contribution is -2.49. The quantitative estimate of drug-likeness (QED) is 0.655. The molecule has 0 aliphatic rings. The Morgan fingerprint density at radius 2 is 1.78 bits per heavy atom. The van der Waals surface area contributed by atoms with Crippen molar-refractivity contribution in [3.05, 3.63) is 69.2 Å². The van der Waals surface area contributed by atoms with Gasteiger partial charge in [-0.1, -0.05) is 61.3 Å². The molecule has 0 aliphatic heterocycles. The van der Waals surface area contributed by atoms with E-state index in [9.17, 15) is 14.7 Å². The highest BCUT2D eigenvalue weighted by atomic mass is 35.5. The van der Waals surface area contributed by atoms with E-state index in [1.165, 1.54) is 12.1 Å². The lowest BCUT2D eigenvalue weighted by molar-refractivity contribution is -0.124. The second kappa shape index (κ2) is 9.74. The van der Waals surface area contributed by atoms with Gasteiger partial charge in [-0.15, -0.1) is 0 Å². The van der Waals surface area contributed by atoms with Gasteiger partial charge in [0, 0.05) is 11.6 Å². The number of carbonyl (C=O) groups is 2. The van der Waals surface area contributed by atoms with Crippen molar-refractivity contribution in [2.75, 3.05) is 0 Å². The Bertz CT molecular complexity index is 825. The van der Waals surface area contributed by atoms with Gasteiger partial charge in [-0.2, -0.15) is 0 Å². The highest BCUT2D eigenvalue weighted by Gasteiger charge is 2.25. The van der Waals surface area contributed by atoms with E-state index in [1.807, 2.05) is 32.0 Å². The van der Waals surface area contributed by atoms with Crippen molar-refractivity contribution in [2.24, 2.45) is 5.92 Å². The molecule has 1 unspecified atom stereocenters. The summed E-state index contributed by atoms with van der Waals surface area (Å²) in [5, 5.41) is 15.4. The fourth-order valence-corrected chi connectivity index (χ4v) is 3.06. The molecule has 1 atom stereocenters. The second-order valence-corrected chi connectivity index (χ2v) is 7.36. The largest absolute Gasteiger partial charge is 0.392 e. The van der Waals surface area contributed by atoms with Crippen molar-refractivity contribution in [1.82, 2.24) is 10.6 Å². The molecular formula is C20H22Cl2N2O3. The number of aliphatic hydroxyl groups excluding tert-OH is 1. The Hall–Kier alpha value is -2.08. The maximum absolute atomic E-state index is 12.6. The molecular weight excluding hydrogens is 387 g/mol. The average molecular weight is 409 g/mol. The first kappa shape index (κ1) is 21.2. The Kier molecular flexibility index (Phi) is 7.66. The van der Waals surface area contributed by atoms with Gasteiger partial charge in [0.15, 0.2) is 0 Å². The molecule has 5 nitrogen and oxygen atoms in total. The van der Waals surface area contributed by atoms with Gasteiger partial charge < -0.3 is 15.7 Å². The van der Waals surface area contributed by atoms with Crippen LogP contribution in [0.5, 0.6) is 0 Å². The van der Waals surface area contributed by atoms with Gasteiger partial charge in [0.25, 0.3) is 5.91 Å². The van der Waals surface area contributed by atoms with Crippen molar-refractivity contribution in [2.45, 2.75) is 33.0 Å². The number of benzene rings is 2. The minimum absolute atomic E-state index is 0.0612. The first-order chi connectivity index (χ1) is 12.8. The molecule has 0 fully saturated rings. The highest BCUT2D eigenvalue weighted by Crippen LogP contribution is 2.21. The number of hydrogen-bond donors (Lipinski definition) is 3. The van der Waals surface area contributed by atoms with Crippen LogP contribution in [0.4, 0.5) is 0 Å². The zero-order valence-electron chi connectivity index (χ0n) is 15.1. The summed E-state index contributed by atoms with van der Waals surface area (Å²) in [6.45, 7) is 3.93. The number of aliphatic hydroxyl groups is 1. The molecule has 0 heterocycles. The number of hydrogen-bond acceptors (Lipinski definition) is 3. The summed E-state index contributed by atoms with van der Waals surface area (Å²) in [4.78, 5) is 25.1. The molecule has 0 aromatic heterocycles. The summed E-state index contributed by atoms with van der Waals surface area (Å²) in [5.74, 6) is -0.852. The van der Waals surface area contributed by atoms with Crippen molar-refractivity contribution in [1.29, 1.82) is 0 Å². The number of rotatable bonds is 7. The molecule has 0 saturated heterocycles. The smallest absolute Gasteiger partial charge is 0.253 e. The van der Waals surface area contributed by atoms with Crippen molar-refractivity contribution in [3.8, 4) is 0 Å². The summed E-state index contributed by atoms with van der Waals surface area (Å²) in [7, 11) is 0. The first-order valence-electron chi connectivity index (χ1n) is 8.54. The van der Waals surface area contributed by atoms with Crippen LogP contribution in [0.2, 0.25) is 10.0 Å². The van der Waals surface area contributed by atoms with Crippen molar-refractivity contribution >= 4 is 35.0 Å². The molecule has 0 saturated carbocycles.